The summed E-state index contributed by atoms with van der Waals surface area (Å²) in [4.78, 5) is 9.36. The summed E-state index contributed by atoms with van der Waals surface area (Å²) in [5.74, 6) is -0.358. The molecule has 0 aliphatic heterocycles. The van der Waals surface area contributed by atoms with Gasteiger partial charge in [-0.1, -0.05) is 133 Å². The normalized spacial score (nSPS) is 16.2. The lowest BCUT2D eigenvalue weighted by molar-refractivity contribution is 0.668. The maximum Gasteiger partial charge on any atom is 0.180 e. The van der Waals surface area contributed by atoms with Crippen molar-refractivity contribution < 1.29 is 25.0 Å². The maximum absolute atomic E-state index is 8.98. The van der Waals surface area contributed by atoms with Gasteiger partial charge in [-0.25, -0.2) is 9.97 Å². The second-order valence-electron chi connectivity index (χ2n) is 11.8. The van der Waals surface area contributed by atoms with E-state index in [1.54, 1.807) is 16.7 Å². The molecule has 0 aliphatic carbocycles. The Morgan fingerprint density at radius 1 is 0.480 bits per heavy atom. The van der Waals surface area contributed by atoms with Crippen LogP contribution in [0.15, 0.2) is 168 Å². The molecule has 0 saturated carbocycles. The molecule has 0 spiro atoms. The summed E-state index contributed by atoms with van der Waals surface area (Å²) in [7, 11) is 0. The monoisotopic (exact) mass is 652 g/mol. The van der Waals surface area contributed by atoms with Gasteiger partial charge in [-0.05, 0) is 52.0 Å². The van der Waals surface area contributed by atoms with Gasteiger partial charge in [0.1, 0.15) is 16.8 Å². The summed E-state index contributed by atoms with van der Waals surface area (Å²) in [6.07, 6.45) is 0. The molecule has 0 N–H and O–H groups in total. The van der Waals surface area contributed by atoms with E-state index in [9.17, 15) is 0 Å². The Morgan fingerprint density at radius 2 is 1.12 bits per heavy atom. The zero-order valence-electron chi connectivity index (χ0n) is 40.7. The first-order chi connectivity index (χ1) is 31.0. The topological polar surface area (TPSA) is 43.9 Å². The summed E-state index contributed by atoms with van der Waals surface area (Å²) in [5.41, 5.74) is 1.64. The summed E-state index contributed by atoms with van der Waals surface area (Å²) >= 11 is 0. The molecular weight excluding hydrogens is 611 g/mol. The van der Waals surface area contributed by atoms with Gasteiger partial charge in [0.05, 0.1) is 31.6 Å². The zero-order chi connectivity index (χ0) is 45.8. The van der Waals surface area contributed by atoms with Crippen LogP contribution in [0.3, 0.4) is 0 Å². The second-order valence-corrected chi connectivity index (χ2v) is 11.8. The van der Waals surface area contributed by atoms with Gasteiger partial charge in [-0.2, -0.15) is 0 Å². The van der Waals surface area contributed by atoms with Crippen molar-refractivity contribution in [1.82, 2.24) is 14.5 Å². The van der Waals surface area contributed by atoms with Crippen LogP contribution in [0.25, 0.3) is 105 Å². The van der Waals surface area contributed by atoms with E-state index in [0.29, 0.717) is 27.5 Å². The highest BCUT2D eigenvalue weighted by molar-refractivity contribution is 6.37. The molecule has 4 nitrogen and oxygen atoms in total. The highest BCUT2D eigenvalue weighted by atomic mass is 16.3. The number of para-hydroxylation sites is 2. The van der Waals surface area contributed by atoms with Gasteiger partial charge >= 0.3 is 0 Å². The van der Waals surface area contributed by atoms with Crippen LogP contribution in [0, 0.1) is 0 Å². The van der Waals surface area contributed by atoms with E-state index >= 15 is 0 Å². The van der Waals surface area contributed by atoms with Crippen LogP contribution in [0.5, 0.6) is 0 Å². The molecule has 0 fully saturated rings. The lowest BCUT2D eigenvalue weighted by Crippen LogP contribution is -1.93. The Hall–Kier alpha value is -6.78. The molecule has 0 unspecified atom stereocenters. The van der Waals surface area contributed by atoms with E-state index in [1.807, 2.05) is 60.7 Å². The van der Waals surface area contributed by atoms with Crippen molar-refractivity contribution in [3.05, 3.63) is 163 Å². The van der Waals surface area contributed by atoms with Crippen molar-refractivity contribution in [2.75, 3.05) is 0 Å². The molecule has 11 rings (SSSR count). The van der Waals surface area contributed by atoms with Crippen molar-refractivity contribution >= 4 is 65.4 Å². The molecule has 3 aromatic heterocycles. The van der Waals surface area contributed by atoms with Crippen LogP contribution in [0.1, 0.15) is 20.6 Å². The van der Waals surface area contributed by atoms with Crippen LogP contribution in [0.4, 0.5) is 0 Å². The zero-order valence-corrected chi connectivity index (χ0v) is 25.7. The molecule has 0 atom stereocenters. The largest absolute Gasteiger partial charge is 0.451 e. The highest BCUT2D eigenvalue weighted by Crippen LogP contribution is 2.48. The van der Waals surface area contributed by atoms with E-state index in [-0.39, 0.29) is 57.1 Å². The standard InChI is InChI=1S/C46H27N3O/c1-4-14-28(15-5-1)42-45-43(48-46(47-42)29-16-6-2-7-17-29)36-24-12-23-35(44(36)50-45)34-26-27-38-41-39(34)32-21-11-10-20-31(32)33-22-13-25-37(40(33)41)49(38)30-18-8-3-9-19-30/h1-27H/i1D,2D,3D,4D,5D,6D,7D,8D,9D,14D,15D,16D,17D,18D,19D. The number of aromatic nitrogens is 3. The van der Waals surface area contributed by atoms with E-state index in [0.717, 1.165) is 32.3 Å². The van der Waals surface area contributed by atoms with Gasteiger partial charge in [0, 0.05) is 43.9 Å². The van der Waals surface area contributed by atoms with Crippen LogP contribution in [-0.4, -0.2) is 14.5 Å². The molecule has 0 aliphatic rings. The molecule has 0 radical (unpaired) electrons. The molecular formula is C46H27N3O. The Kier molecular flexibility index (Phi) is 3.43. The third-order valence-electron chi connectivity index (χ3n) is 9.25. The van der Waals surface area contributed by atoms with Crippen molar-refractivity contribution in [1.29, 1.82) is 0 Å². The molecule has 0 amide bonds. The summed E-state index contributed by atoms with van der Waals surface area (Å²) < 4.78 is 137. The molecule has 0 bridgehead atoms. The Bertz CT molecular complexity index is 3890. The lowest BCUT2D eigenvalue weighted by atomic mass is 9.89. The average Bonchev–Trinajstić information content (AvgIpc) is 3.86. The third-order valence-corrected chi connectivity index (χ3v) is 9.25. The predicted molar refractivity (Wildman–Crippen MR) is 206 cm³/mol. The smallest absolute Gasteiger partial charge is 0.180 e. The van der Waals surface area contributed by atoms with Crippen LogP contribution >= 0.6 is 0 Å². The lowest BCUT2D eigenvalue weighted by Gasteiger charge is -2.13. The number of furan rings is 1. The third kappa shape index (κ3) is 3.76. The minimum atomic E-state index is -0.651. The Labute approximate surface area is 307 Å². The highest BCUT2D eigenvalue weighted by Gasteiger charge is 2.25. The van der Waals surface area contributed by atoms with Gasteiger partial charge in [-0.3, -0.25) is 0 Å². The summed E-state index contributed by atoms with van der Waals surface area (Å²) in [5, 5.41) is 5.25. The van der Waals surface area contributed by atoms with Crippen molar-refractivity contribution in [3.8, 4) is 39.5 Å². The van der Waals surface area contributed by atoms with Gasteiger partial charge in [0.15, 0.2) is 11.4 Å². The van der Waals surface area contributed by atoms with Crippen LogP contribution < -0.4 is 0 Å². The van der Waals surface area contributed by atoms with Crippen molar-refractivity contribution in [2.24, 2.45) is 0 Å². The van der Waals surface area contributed by atoms with E-state index in [1.165, 1.54) is 0 Å². The quantitative estimate of drug-likeness (QED) is 0.178. The van der Waals surface area contributed by atoms with Gasteiger partial charge in [0.2, 0.25) is 0 Å². The number of fused-ring (bicyclic) bond motifs is 6. The fourth-order valence-electron chi connectivity index (χ4n) is 7.30. The first-order valence-electron chi connectivity index (χ1n) is 23.2. The fourth-order valence-corrected chi connectivity index (χ4v) is 7.30. The molecule has 8 aromatic carbocycles. The van der Waals surface area contributed by atoms with Crippen molar-refractivity contribution in [2.45, 2.75) is 0 Å². The molecule has 50 heavy (non-hydrogen) atoms. The average molecular weight is 653 g/mol. The number of hydrogen-bond acceptors (Lipinski definition) is 3. The van der Waals surface area contributed by atoms with E-state index < -0.39 is 78.6 Å². The number of nitrogens with zero attached hydrogens (tertiary/aromatic N) is 3. The fraction of sp³-hybridized carbons (Fsp3) is 0. The maximum atomic E-state index is 8.98. The number of rotatable bonds is 4. The summed E-state index contributed by atoms with van der Waals surface area (Å²) in [6.45, 7) is 0. The summed E-state index contributed by atoms with van der Waals surface area (Å²) in [6, 6.07) is 14.0. The molecule has 232 valence electrons. The Morgan fingerprint density at radius 3 is 1.92 bits per heavy atom. The van der Waals surface area contributed by atoms with Crippen LogP contribution in [-0.2, 0) is 0 Å². The van der Waals surface area contributed by atoms with E-state index in [2.05, 4.69) is 4.98 Å². The predicted octanol–water partition coefficient (Wildman–Crippen LogP) is 12.2. The molecule has 0 saturated heterocycles. The number of hydrogen-bond donors (Lipinski definition) is 0. The van der Waals surface area contributed by atoms with Crippen LogP contribution in [0.2, 0.25) is 0 Å². The second kappa shape index (κ2) is 10.4. The Balaban J connectivity index is 1.29. The van der Waals surface area contributed by atoms with Gasteiger partial charge in [0.25, 0.3) is 0 Å². The molecule has 11 aromatic rings. The van der Waals surface area contributed by atoms with Gasteiger partial charge in [-0.15, -0.1) is 0 Å². The first-order valence-corrected chi connectivity index (χ1v) is 15.7. The number of benzene rings is 8. The van der Waals surface area contributed by atoms with E-state index in [4.69, 9.17) is 30.0 Å². The minimum absolute atomic E-state index is 0.00846. The SMILES string of the molecule is [2H]c1c([2H])c([2H])c(-c2nc(-c3c([2H])c([2H])c([2H])c([2H])c3[2H])c3oc4c(-c5ccc6c7c5c5ccccc5c5cccc(c57)n6-c5c([2H])c([2H])c([2H])c([2H])c5[2H])cccc4c3n2)c([2H])c1[2H]. The van der Waals surface area contributed by atoms with Crippen molar-refractivity contribution in [3.63, 3.8) is 0 Å². The molecule has 3 heterocycles. The minimum Gasteiger partial charge on any atom is -0.451 e. The van der Waals surface area contributed by atoms with Gasteiger partial charge < -0.3 is 8.98 Å². The first kappa shape index (κ1) is 16.6. The molecule has 4 heteroatoms.